The van der Waals surface area contributed by atoms with Gasteiger partial charge in [0.05, 0.1) is 10.9 Å². The molecule has 0 saturated heterocycles. The van der Waals surface area contributed by atoms with Crippen molar-refractivity contribution >= 4 is 16.8 Å². The fraction of sp³-hybridized carbons (Fsp3) is 0.214. The number of H-pyrrole nitrogens is 1. The lowest BCUT2D eigenvalue weighted by Gasteiger charge is -2.09. The van der Waals surface area contributed by atoms with Crippen LogP contribution < -0.4 is 16.6 Å². The molecule has 0 aliphatic heterocycles. The van der Waals surface area contributed by atoms with Gasteiger partial charge in [0.1, 0.15) is 0 Å². The van der Waals surface area contributed by atoms with Crippen molar-refractivity contribution in [2.45, 2.75) is 13.0 Å². The van der Waals surface area contributed by atoms with E-state index in [1.807, 2.05) is 0 Å². The third kappa shape index (κ3) is 2.85. The number of hydrogen-bond acceptors (Lipinski definition) is 3. The zero-order chi connectivity index (χ0) is 14.5. The van der Waals surface area contributed by atoms with Crippen molar-refractivity contribution in [3.8, 4) is 0 Å². The highest BCUT2D eigenvalue weighted by Crippen LogP contribution is 2.06. The van der Waals surface area contributed by atoms with Gasteiger partial charge in [0.15, 0.2) is 0 Å². The summed E-state index contributed by atoms with van der Waals surface area (Å²) in [5.74, 6) is -0.174. The van der Waals surface area contributed by atoms with Crippen molar-refractivity contribution in [1.82, 2.24) is 14.9 Å². The van der Waals surface area contributed by atoms with E-state index in [0.29, 0.717) is 17.4 Å². The molecule has 0 radical (unpaired) electrons. The molecule has 1 aromatic carbocycles. The first-order valence-corrected chi connectivity index (χ1v) is 6.23. The van der Waals surface area contributed by atoms with E-state index < -0.39 is 11.2 Å². The predicted octanol–water partition coefficient (Wildman–Crippen LogP) is 0.382. The first-order valence-electron chi connectivity index (χ1n) is 6.23. The van der Waals surface area contributed by atoms with Crippen LogP contribution in [0.25, 0.3) is 10.9 Å². The van der Waals surface area contributed by atoms with Crippen LogP contribution in [0.5, 0.6) is 0 Å². The topological polar surface area (TPSA) is 84.0 Å². The Bertz CT molecular complexity index is 758. The molecule has 0 bridgehead atoms. The Labute approximate surface area is 114 Å². The van der Waals surface area contributed by atoms with E-state index in [1.54, 1.807) is 30.3 Å². The number of hydrogen-bond donors (Lipinski definition) is 2. The number of benzene rings is 1. The number of aryl methyl sites for hydroxylation is 1. The quantitative estimate of drug-likeness (QED) is 0.773. The van der Waals surface area contributed by atoms with Gasteiger partial charge in [-0.25, -0.2) is 4.79 Å². The van der Waals surface area contributed by atoms with E-state index in [1.165, 1.54) is 4.57 Å². The van der Waals surface area contributed by atoms with Gasteiger partial charge in [-0.1, -0.05) is 18.2 Å². The van der Waals surface area contributed by atoms with Gasteiger partial charge in [-0.2, -0.15) is 0 Å². The number of fused-ring (bicyclic) bond motifs is 1. The maximum Gasteiger partial charge on any atom is 0.328 e. The summed E-state index contributed by atoms with van der Waals surface area (Å²) in [7, 11) is 0. The zero-order valence-corrected chi connectivity index (χ0v) is 10.9. The molecule has 2 aromatic rings. The highest BCUT2D eigenvalue weighted by Gasteiger charge is 2.08. The minimum absolute atomic E-state index is 0.157. The molecule has 1 aromatic heterocycles. The summed E-state index contributed by atoms with van der Waals surface area (Å²) in [6.45, 7) is 4.10. The van der Waals surface area contributed by atoms with Crippen LogP contribution in [0.4, 0.5) is 0 Å². The monoisotopic (exact) mass is 273 g/mol. The second kappa shape index (κ2) is 6.01. The van der Waals surface area contributed by atoms with E-state index in [0.717, 1.165) is 0 Å². The molecule has 0 unspecified atom stereocenters. The minimum Gasteiger partial charge on any atom is -0.353 e. The van der Waals surface area contributed by atoms with Crippen LogP contribution in [0.15, 0.2) is 46.5 Å². The molecule has 2 N–H and O–H groups in total. The van der Waals surface area contributed by atoms with Crippen molar-refractivity contribution in [3.05, 3.63) is 57.8 Å². The normalized spacial score (nSPS) is 10.4. The molecule has 20 heavy (non-hydrogen) atoms. The SMILES string of the molecule is C=CCNC(=O)CCn1c(=O)[nH]c(=O)c2ccccc21. The lowest BCUT2D eigenvalue weighted by molar-refractivity contribution is -0.121. The first-order chi connectivity index (χ1) is 9.63. The summed E-state index contributed by atoms with van der Waals surface area (Å²) < 4.78 is 1.39. The molecule has 6 heteroatoms. The largest absolute Gasteiger partial charge is 0.353 e. The highest BCUT2D eigenvalue weighted by molar-refractivity contribution is 5.78. The molecule has 0 saturated carbocycles. The summed E-state index contributed by atoms with van der Waals surface area (Å²) in [4.78, 5) is 37.3. The molecule has 1 amide bonds. The molecular formula is C14H15N3O3. The molecule has 0 atom stereocenters. The van der Waals surface area contributed by atoms with Crippen LogP contribution in [0.3, 0.4) is 0 Å². The third-order valence-corrected chi connectivity index (χ3v) is 2.91. The lowest BCUT2D eigenvalue weighted by Crippen LogP contribution is -2.32. The summed E-state index contributed by atoms with van der Waals surface area (Å²) >= 11 is 0. The molecule has 2 rings (SSSR count). The van der Waals surface area contributed by atoms with Gasteiger partial charge in [0.25, 0.3) is 5.56 Å². The Hall–Kier alpha value is -2.63. The van der Waals surface area contributed by atoms with Crippen LogP contribution in [0, 0.1) is 0 Å². The molecule has 0 aliphatic carbocycles. The van der Waals surface area contributed by atoms with Crippen molar-refractivity contribution in [1.29, 1.82) is 0 Å². The molecule has 0 aliphatic rings. The summed E-state index contributed by atoms with van der Waals surface area (Å²) in [5, 5.41) is 3.07. The number of nitrogens with zero attached hydrogens (tertiary/aromatic N) is 1. The Balaban J connectivity index is 2.30. The molecule has 1 heterocycles. The summed E-state index contributed by atoms with van der Waals surface area (Å²) in [5.41, 5.74) is -0.402. The Kier molecular flexibility index (Phi) is 4.14. The number of carbonyl (C=O) groups excluding carboxylic acids is 1. The lowest BCUT2D eigenvalue weighted by atomic mass is 10.2. The second-order valence-electron chi connectivity index (χ2n) is 4.27. The molecule has 104 valence electrons. The van der Waals surface area contributed by atoms with E-state index in [-0.39, 0.29) is 18.9 Å². The van der Waals surface area contributed by atoms with Crippen molar-refractivity contribution in [3.63, 3.8) is 0 Å². The van der Waals surface area contributed by atoms with Gasteiger partial charge in [0, 0.05) is 19.5 Å². The van der Waals surface area contributed by atoms with E-state index in [9.17, 15) is 14.4 Å². The van der Waals surface area contributed by atoms with Gasteiger partial charge in [-0.05, 0) is 12.1 Å². The summed E-state index contributed by atoms with van der Waals surface area (Å²) in [6.07, 6.45) is 1.74. The first kappa shape index (κ1) is 13.8. The maximum atomic E-state index is 11.8. The fourth-order valence-corrected chi connectivity index (χ4v) is 1.95. The average Bonchev–Trinajstić information content (AvgIpc) is 2.45. The smallest absolute Gasteiger partial charge is 0.328 e. The highest BCUT2D eigenvalue weighted by atomic mass is 16.2. The Morgan fingerprint density at radius 2 is 2.10 bits per heavy atom. The van der Waals surface area contributed by atoms with Crippen molar-refractivity contribution in [2.75, 3.05) is 6.54 Å². The molecule has 0 fully saturated rings. The number of aromatic nitrogens is 2. The minimum atomic E-state index is -0.509. The van der Waals surface area contributed by atoms with Crippen LogP contribution in [-0.2, 0) is 11.3 Å². The Morgan fingerprint density at radius 1 is 1.35 bits per heavy atom. The molecular weight excluding hydrogens is 258 g/mol. The van der Waals surface area contributed by atoms with E-state index in [2.05, 4.69) is 16.9 Å². The van der Waals surface area contributed by atoms with Gasteiger partial charge in [-0.3, -0.25) is 19.1 Å². The standard InChI is InChI=1S/C14H15N3O3/c1-2-8-15-12(18)7-9-17-11-6-4-3-5-10(11)13(19)16-14(17)20/h2-6H,1,7-9H2,(H,15,18)(H,16,19,20). The number of rotatable bonds is 5. The maximum absolute atomic E-state index is 11.8. The van der Waals surface area contributed by atoms with Gasteiger partial charge < -0.3 is 5.32 Å². The predicted molar refractivity (Wildman–Crippen MR) is 76.7 cm³/mol. The Morgan fingerprint density at radius 3 is 2.85 bits per heavy atom. The summed E-state index contributed by atoms with van der Waals surface area (Å²) in [6, 6.07) is 6.80. The fourth-order valence-electron chi connectivity index (χ4n) is 1.95. The van der Waals surface area contributed by atoms with Crippen molar-refractivity contribution in [2.24, 2.45) is 0 Å². The molecule has 0 spiro atoms. The number of amides is 1. The number of nitrogens with one attached hydrogen (secondary N) is 2. The van der Waals surface area contributed by atoms with E-state index >= 15 is 0 Å². The van der Waals surface area contributed by atoms with E-state index in [4.69, 9.17) is 0 Å². The van der Waals surface area contributed by atoms with Crippen LogP contribution >= 0.6 is 0 Å². The van der Waals surface area contributed by atoms with Crippen LogP contribution in [0.1, 0.15) is 6.42 Å². The van der Waals surface area contributed by atoms with Crippen molar-refractivity contribution < 1.29 is 4.79 Å². The van der Waals surface area contributed by atoms with Gasteiger partial charge >= 0.3 is 5.69 Å². The van der Waals surface area contributed by atoms with Gasteiger partial charge in [-0.15, -0.1) is 6.58 Å². The van der Waals surface area contributed by atoms with Crippen LogP contribution in [-0.4, -0.2) is 22.0 Å². The van der Waals surface area contributed by atoms with Crippen LogP contribution in [0.2, 0.25) is 0 Å². The second-order valence-corrected chi connectivity index (χ2v) is 4.27. The molecule has 6 nitrogen and oxygen atoms in total. The number of carbonyl (C=O) groups is 1. The number of para-hydroxylation sites is 1. The zero-order valence-electron chi connectivity index (χ0n) is 10.9. The third-order valence-electron chi connectivity index (χ3n) is 2.91. The average molecular weight is 273 g/mol. The van der Waals surface area contributed by atoms with Gasteiger partial charge in [0.2, 0.25) is 5.91 Å². The number of aromatic amines is 1.